The molecule has 0 aliphatic carbocycles. The molecule has 2 rings (SSSR count). The molecule has 112 valence electrons. The molecule has 0 saturated heterocycles. The molecule has 0 spiro atoms. The van der Waals surface area contributed by atoms with Crippen LogP contribution in [0.5, 0.6) is 5.75 Å². The van der Waals surface area contributed by atoms with Gasteiger partial charge in [-0.2, -0.15) is 0 Å². The SMILES string of the molecule is COc1ccc(-c2ccc(F)cc2CNC(C)C)c(C)c1. The zero-order valence-corrected chi connectivity index (χ0v) is 13.0. The Bertz CT molecular complexity index is 623. The highest BCUT2D eigenvalue weighted by atomic mass is 19.1. The molecule has 21 heavy (non-hydrogen) atoms. The molecule has 0 saturated carbocycles. The summed E-state index contributed by atoms with van der Waals surface area (Å²) in [6, 6.07) is 11.3. The van der Waals surface area contributed by atoms with Gasteiger partial charge >= 0.3 is 0 Å². The average molecular weight is 287 g/mol. The summed E-state index contributed by atoms with van der Waals surface area (Å²) in [4.78, 5) is 0. The van der Waals surface area contributed by atoms with E-state index in [0.717, 1.165) is 28.0 Å². The molecular formula is C18H22FNO. The molecule has 3 heteroatoms. The molecule has 0 fully saturated rings. The third-order valence-electron chi connectivity index (χ3n) is 3.49. The van der Waals surface area contributed by atoms with E-state index in [4.69, 9.17) is 4.74 Å². The number of hydrogen-bond donors (Lipinski definition) is 1. The summed E-state index contributed by atoms with van der Waals surface area (Å²) in [6.07, 6.45) is 0. The predicted octanol–water partition coefficient (Wildman–Crippen LogP) is 4.31. The van der Waals surface area contributed by atoms with Crippen molar-refractivity contribution in [1.29, 1.82) is 0 Å². The maximum absolute atomic E-state index is 13.6. The third kappa shape index (κ3) is 3.82. The number of nitrogens with one attached hydrogen (secondary N) is 1. The molecule has 0 heterocycles. The summed E-state index contributed by atoms with van der Waals surface area (Å²) < 4.78 is 18.8. The van der Waals surface area contributed by atoms with Crippen LogP contribution in [0.2, 0.25) is 0 Å². The van der Waals surface area contributed by atoms with Gasteiger partial charge in [0.15, 0.2) is 0 Å². The fraction of sp³-hybridized carbons (Fsp3) is 0.333. The average Bonchev–Trinajstić information content (AvgIpc) is 2.45. The van der Waals surface area contributed by atoms with Crippen LogP contribution in [0, 0.1) is 12.7 Å². The highest BCUT2D eigenvalue weighted by molar-refractivity contribution is 5.71. The molecule has 2 aromatic rings. The summed E-state index contributed by atoms with van der Waals surface area (Å²) in [5.74, 6) is 0.630. The van der Waals surface area contributed by atoms with E-state index in [9.17, 15) is 4.39 Å². The van der Waals surface area contributed by atoms with Crippen molar-refractivity contribution in [1.82, 2.24) is 5.32 Å². The van der Waals surface area contributed by atoms with E-state index in [1.54, 1.807) is 13.2 Å². The lowest BCUT2D eigenvalue weighted by molar-refractivity contribution is 0.414. The number of halogens is 1. The smallest absolute Gasteiger partial charge is 0.123 e. The Labute approximate surface area is 126 Å². The highest BCUT2D eigenvalue weighted by Crippen LogP contribution is 2.30. The van der Waals surface area contributed by atoms with E-state index in [0.29, 0.717) is 12.6 Å². The molecule has 2 nitrogen and oxygen atoms in total. The molecule has 0 radical (unpaired) electrons. The molecule has 0 bridgehead atoms. The van der Waals surface area contributed by atoms with Crippen molar-refractivity contribution in [2.24, 2.45) is 0 Å². The van der Waals surface area contributed by atoms with Crippen molar-refractivity contribution in [2.75, 3.05) is 7.11 Å². The van der Waals surface area contributed by atoms with Crippen LogP contribution in [0.25, 0.3) is 11.1 Å². The van der Waals surface area contributed by atoms with Gasteiger partial charge in [-0.25, -0.2) is 4.39 Å². The molecule has 0 aliphatic rings. The van der Waals surface area contributed by atoms with Crippen LogP contribution >= 0.6 is 0 Å². The first-order valence-corrected chi connectivity index (χ1v) is 7.18. The van der Waals surface area contributed by atoms with Gasteiger partial charge in [-0.3, -0.25) is 0 Å². The largest absolute Gasteiger partial charge is 0.497 e. The van der Waals surface area contributed by atoms with Crippen LogP contribution in [0.4, 0.5) is 4.39 Å². The minimum Gasteiger partial charge on any atom is -0.497 e. The lowest BCUT2D eigenvalue weighted by Crippen LogP contribution is -2.22. The van der Waals surface area contributed by atoms with Gasteiger partial charge in [-0.1, -0.05) is 26.0 Å². The Morgan fingerprint density at radius 1 is 1.10 bits per heavy atom. The summed E-state index contributed by atoms with van der Waals surface area (Å²) >= 11 is 0. The second-order valence-electron chi connectivity index (χ2n) is 5.52. The van der Waals surface area contributed by atoms with Crippen LogP contribution in [0.3, 0.4) is 0 Å². The number of methoxy groups -OCH3 is 1. The molecule has 0 aromatic heterocycles. The van der Waals surface area contributed by atoms with Crippen LogP contribution in [-0.4, -0.2) is 13.2 Å². The zero-order valence-electron chi connectivity index (χ0n) is 13.0. The monoisotopic (exact) mass is 287 g/mol. The van der Waals surface area contributed by atoms with Gasteiger partial charge in [0.05, 0.1) is 7.11 Å². The molecule has 0 aliphatic heterocycles. The highest BCUT2D eigenvalue weighted by Gasteiger charge is 2.10. The topological polar surface area (TPSA) is 21.3 Å². The van der Waals surface area contributed by atoms with E-state index in [1.165, 1.54) is 6.07 Å². The molecule has 1 N–H and O–H groups in total. The molecular weight excluding hydrogens is 265 g/mol. The molecule has 2 aromatic carbocycles. The van der Waals surface area contributed by atoms with Crippen LogP contribution in [0.15, 0.2) is 36.4 Å². The Hall–Kier alpha value is -1.87. The quantitative estimate of drug-likeness (QED) is 0.885. The van der Waals surface area contributed by atoms with E-state index in [1.807, 2.05) is 31.2 Å². The molecule has 0 unspecified atom stereocenters. The van der Waals surface area contributed by atoms with Gasteiger partial charge in [0.2, 0.25) is 0 Å². The Morgan fingerprint density at radius 2 is 1.81 bits per heavy atom. The van der Waals surface area contributed by atoms with Crippen LogP contribution < -0.4 is 10.1 Å². The summed E-state index contributed by atoms with van der Waals surface area (Å²) in [6.45, 7) is 6.85. The van der Waals surface area contributed by atoms with E-state index < -0.39 is 0 Å². The first-order valence-electron chi connectivity index (χ1n) is 7.18. The first-order chi connectivity index (χ1) is 10.0. The van der Waals surface area contributed by atoms with Crippen molar-refractivity contribution in [3.05, 3.63) is 53.3 Å². The zero-order chi connectivity index (χ0) is 15.4. The fourth-order valence-corrected chi connectivity index (χ4v) is 2.35. The van der Waals surface area contributed by atoms with Gasteiger partial charge < -0.3 is 10.1 Å². The lowest BCUT2D eigenvalue weighted by Gasteiger charge is -2.15. The van der Waals surface area contributed by atoms with Crippen molar-refractivity contribution < 1.29 is 9.13 Å². The van der Waals surface area contributed by atoms with Gasteiger partial charge in [0.1, 0.15) is 11.6 Å². The van der Waals surface area contributed by atoms with E-state index >= 15 is 0 Å². The molecule has 0 amide bonds. The number of rotatable bonds is 5. The van der Waals surface area contributed by atoms with E-state index in [-0.39, 0.29) is 5.82 Å². The second-order valence-corrected chi connectivity index (χ2v) is 5.52. The molecule has 0 atom stereocenters. The Balaban J connectivity index is 2.42. The first kappa shape index (κ1) is 15.5. The summed E-state index contributed by atoms with van der Waals surface area (Å²) in [5, 5.41) is 3.35. The standard InChI is InChI=1S/C18H22FNO/c1-12(2)20-11-14-10-15(19)5-7-18(14)17-8-6-16(21-4)9-13(17)3/h5-10,12,20H,11H2,1-4H3. The van der Waals surface area contributed by atoms with Crippen molar-refractivity contribution in [2.45, 2.75) is 33.4 Å². The van der Waals surface area contributed by atoms with Crippen molar-refractivity contribution in [3.63, 3.8) is 0 Å². The Kier molecular flexibility index (Phi) is 4.97. The van der Waals surface area contributed by atoms with Crippen molar-refractivity contribution >= 4 is 0 Å². The minimum absolute atomic E-state index is 0.203. The van der Waals surface area contributed by atoms with E-state index in [2.05, 4.69) is 19.2 Å². The van der Waals surface area contributed by atoms with Crippen molar-refractivity contribution in [3.8, 4) is 16.9 Å². The predicted molar refractivity (Wildman–Crippen MR) is 85.1 cm³/mol. The number of aryl methyl sites for hydroxylation is 1. The number of hydrogen-bond acceptors (Lipinski definition) is 2. The maximum Gasteiger partial charge on any atom is 0.123 e. The fourth-order valence-electron chi connectivity index (χ4n) is 2.35. The van der Waals surface area contributed by atoms with Gasteiger partial charge in [-0.15, -0.1) is 0 Å². The lowest BCUT2D eigenvalue weighted by atomic mass is 9.95. The second kappa shape index (κ2) is 6.72. The normalized spacial score (nSPS) is 11.0. The Morgan fingerprint density at radius 3 is 2.43 bits per heavy atom. The summed E-state index contributed by atoms with van der Waals surface area (Å²) in [7, 11) is 1.66. The summed E-state index contributed by atoms with van der Waals surface area (Å²) in [5.41, 5.74) is 4.25. The van der Waals surface area contributed by atoms with Gasteiger partial charge in [0.25, 0.3) is 0 Å². The number of ether oxygens (including phenoxy) is 1. The third-order valence-corrected chi connectivity index (χ3v) is 3.49. The van der Waals surface area contributed by atoms with Crippen LogP contribution in [-0.2, 0) is 6.54 Å². The van der Waals surface area contributed by atoms with Gasteiger partial charge in [0, 0.05) is 12.6 Å². The number of benzene rings is 2. The maximum atomic E-state index is 13.6. The van der Waals surface area contributed by atoms with Gasteiger partial charge in [-0.05, 0) is 53.4 Å². The van der Waals surface area contributed by atoms with Crippen LogP contribution in [0.1, 0.15) is 25.0 Å². The minimum atomic E-state index is -0.203.